The number of halogens is 2. The number of rotatable bonds is 7. The quantitative estimate of drug-likeness (QED) is 0.559. The third-order valence-corrected chi connectivity index (χ3v) is 10.9. The smallest absolute Gasteiger partial charge is 0.244 e. The normalized spacial score (nSPS) is 20.1. The lowest BCUT2D eigenvalue weighted by Gasteiger charge is -2.31. The molecule has 35 heavy (non-hydrogen) atoms. The molecular weight excluding hydrogens is 533 g/mol. The molecule has 1 atom stereocenters. The molecule has 2 aromatic rings. The summed E-state index contributed by atoms with van der Waals surface area (Å²) in [4.78, 5) is 13.0. The average Bonchev–Trinajstić information content (AvgIpc) is 3.40. The molecule has 2 heterocycles. The maximum atomic E-state index is 13.1. The van der Waals surface area contributed by atoms with Gasteiger partial charge in [0.15, 0.2) is 0 Å². The molecule has 190 valence electrons. The number of carbonyl (C=O) groups excluding carboxylic acids is 1. The number of hydrogen-bond donors (Lipinski definition) is 1. The molecule has 8 nitrogen and oxygen atoms in total. The molecule has 1 amide bonds. The van der Waals surface area contributed by atoms with Gasteiger partial charge in [-0.3, -0.25) is 4.79 Å². The van der Waals surface area contributed by atoms with E-state index in [0.717, 1.165) is 18.4 Å². The molecule has 2 aromatic carbocycles. The number of piperidine rings is 1. The summed E-state index contributed by atoms with van der Waals surface area (Å²) in [6, 6.07) is 10.7. The van der Waals surface area contributed by atoms with Crippen LogP contribution in [-0.2, 0) is 31.4 Å². The van der Waals surface area contributed by atoms with Crippen molar-refractivity contribution in [1.29, 1.82) is 0 Å². The summed E-state index contributed by atoms with van der Waals surface area (Å²) in [7, 11) is -7.39. The third kappa shape index (κ3) is 5.84. The van der Waals surface area contributed by atoms with E-state index in [1.807, 2.05) is 0 Å². The van der Waals surface area contributed by atoms with E-state index < -0.39 is 26.0 Å². The van der Waals surface area contributed by atoms with Gasteiger partial charge < -0.3 is 5.32 Å². The number of amides is 1. The highest BCUT2D eigenvalue weighted by Crippen LogP contribution is 2.30. The van der Waals surface area contributed by atoms with E-state index in [0.29, 0.717) is 32.5 Å². The van der Waals surface area contributed by atoms with Crippen LogP contribution in [0.5, 0.6) is 0 Å². The van der Waals surface area contributed by atoms with Crippen LogP contribution < -0.4 is 5.32 Å². The van der Waals surface area contributed by atoms with Gasteiger partial charge in [-0.15, -0.1) is 0 Å². The molecule has 0 spiro atoms. The highest BCUT2D eigenvalue weighted by atomic mass is 35.5. The van der Waals surface area contributed by atoms with Crippen molar-refractivity contribution in [3.63, 3.8) is 0 Å². The molecule has 0 bridgehead atoms. The summed E-state index contributed by atoms with van der Waals surface area (Å²) in [6.45, 7) is 1.63. The molecule has 2 fully saturated rings. The van der Waals surface area contributed by atoms with Crippen molar-refractivity contribution in [1.82, 2.24) is 13.9 Å². The number of sulfonamides is 2. The van der Waals surface area contributed by atoms with E-state index >= 15 is 0 Å². The molecule has 0 aliphatic carbocycles. The highest BCUT2D eigenvalue weighted by molar-refractivity contribution is 7.89. The van der Waals surface area contributed by atoms with Gasteiger partial charge >= 0.3 is 0 Å². The molecule has 1 N–H and O–H groups in total. The van der Waals surface area contributed by atoms with Crippen molar-refractivity contribution < 1.29 is 21.6 Å². The second-order valence-electron chi connectivity index (χ2n) is 8.75. The Bertz CT molecular complexity index is 1290. The largest absolute Gasteiger partial charge is 0.352 e. The van der Waals surface area contributed by atoms with Gasteiger partial charge in [0.1, 0.15) is 4.90 Å². The number of nitrogens with zero attached hydrogens (tertiary/aromatic N) is 2. The number of hydrogen-bond acceptors (Lipinski definition) is 5. The lowest BCUT2D eigenvalue weighted by Crippen LogP contribution is -2.45. The number of carbonyl (C=O) groups is 1. The second kappa shape index (κ2) is 10.7. The van der Waals surface area contributed by atoms with Crippen molar-refractivity contribution in [2.45, 2.75) is 42.0 Å². The lowest BCUT2D eigenvalue weighted by atomic mass is 9.99. The Labute approximate surface area is 216 Å². The van der Waals surface area contributed by atoms with E-state index in [-0.39, 0.29) is 38.8 Å². The van der Waals surface area contributed by atoms with Crippen molar-refractivity contribution in [3.8, 4) is 0 Å². The van der Waals surface area contributed by atoms with Crippen LogP contribution in [-0.4, -0.2) is 57.5 Å². The summed E-state index contributed by atoms with van der Waals surface area (Å²) < 4.78 is 54.3. The maximum absolute atomic E-state index is 13.1. The topological polar surface area (TPSA) is 104 Å². The first-order valence-electron chi connectivity index (χ1n) is 11.4. The SMILES string of the molecule is O=C(NCc1ccc(S(=O)(=O)N2CCCC2)cc1)C1CCCN(S(=O)(=O)c2cc(Cl)ccc2Cl)C1. The lowest BCUT2D eigenvalue weighted by molar-refractivity contribution is -0.126. The van der Waals surface area contributed by atoms with Gasteiger partial charge in [-0.1, -0.05) is 35.3 Å². The van der Waals surface area contributed by atoms with Gasteiger partial charge in [0.25, 0.3) is 0 Å². The van der Waals surface area contributed by atoms with Crippen molar-refractivity contribution in [3.05, 3.63) is 58.1 Å². The molecule has 0 saturated carbocycles. The van der Waals surface area contributed by atoms with Crippen LogP contribution in [0.3, 0.4) is 0 Å². The first-order chi connectivity index (χ1) is 16.6. The zero-order valence-electron chi connectivity index (χ0n) is 19.0. The maximum Gasteiger partial charge on any atom is 0.244 e. The summed E-state index contributed by atoms with van der Waals surface area (Å²) in [5.74, 6) is -0.762. The van der Waals surface area contributed by atoms with Gasteiger partial charge in [-0.05, 0) is 61.6 Å². The van der Waals surface area contributed by atoms with E-state index in [2.05, 4.69) is 5.32 Å². The molecule has 0 radical (unpaired) electrons. The van der Waals surface area contributed by atoms with Crippen LogP contribution >= 0.6 is 23.2 Å². The van der Waals surface area contributed by atoms with Crippen LogP contribution in [0.15, 0.2) is 52.3 Å². The van der Waals surface area contributed by atoms with Crippen molar-refractivity contribution >= 4 is 49.2 Å². The molecule has 0 aromatic heterocycles. The van der Waals surface area contributed by atoms with Crippen molar-refractivity contribution in [2.24, 2.45) is 5.92 Å². The van der Waals surface area contributed by atoms with E-state index in [1.165, 1.54) is 26.8 Å². The summed E-state index contributed by atoms with van der Waals surface area (Å²) >= 11 is 12.1. The van der Waals surface area contributed by atoms with Crippen LogP contribution in [0.4, 0.5) is 0 Å². The van der Waals surface area contributed by atoms with Gasteiger partial charge in [0.2, 0.25) is 26.0 Å². The highest BCUT2D eigenvalue weighted by Gasteiger charge is 2.34. The first kappa shape index (κ1) is 26.4. The molecule has 2 aliphatic rings. The fourth-order valence-electron chi connectivity index (χ4n) is 4.38. The Hall–Kier alpha value is -1.69. The van der Waals surface area contributed by atoms with Gasteiger partial charge in [0, 0.05) is 37.7 Å². The minimum Gasteiger partial charge on any atom is -0.352 e. The number of nitrogens with one attached hydrogen (secondary N) is 1. The predicted molar refractivity (Wildman–Crippen MR) is 134 cm³/mol. The molecule has 2 saturated heterocycles. The Balaban J connectivity index is 1.37. The zero-order chi connectivity index (χ0) is 25.2. The van der Waals surface area contributed by atoms with E-state index in [4.69, 9.17) is 23.2 Å². The minimum atomic E-state index is -3.90. The van der Waals surface area contributed by atoms with Crippen LogP contribution in [0.2, 0.25) is 10.0 Å². The predicted octanol–water partition coefficient (Wildman–Crippen LogP) is 3.50. The average molecular weight is 561 g/mol. The standard InChI is InChI=1S/C23H27Cl2N3O5S2/c24-19-7-10-21(25)22(14-19)35(32,33)28-13-3-4-18(16-28)23(29)26-15-17-5-8-20(9-6-17)34(30,31)27-11-1-2-12-27/h5-10,14,18H,1-4,11-13,15-16H2,(H,26,29). The van der Waals surface area contributed by atoms with Gasteiger partial charge in [-0.2, -0.15) is 8.61 Å². The number of benzene rings is 2. The van der Waals surface area contributed by atoms with Crippen LogP contribution in [0.25, 0.3) is 0 Å². The summed E-state index contributed by atoms with van der Waals surface area (Å²) in [6.07, 6.45) is 2.84. The van der Waals surface area contributed by atoms with Crippen LogP contribution in [0.1, 0.15) is 31.2 Å². The fourth-order valence-corrected chi connectivity index (χ4v) is 8.16. The Kier molecular flexibility index (Phi) is 8.09. The molecule has 2 aliphatic heterocycles. The monoisotopic (exact) mass is 559 g/mol. The Morgan fingerprint density at radius 2 is 1.54 bits per heavy atom. The Morgan fingerprint density at radius 3 is 2.23 bits per heavy atom. The van der Waals surface area contributed by atoms with Crippen LogP contribution in [0, 0.1) is 5.92 Å². The molecule has 12 heteroatoms. The summed E-state index contributed by atoms with van der Waals surface area (Å²) in [5, 5.41) is 3.19. The molecule has 1 unspecified atom stereocenters. The molecule has 4 rings (SSSR count). The Morgan fingerprint density at radius 1 is 0.886 bits per heavy atom. The van der Waals surface area contributed by atoms with E-state index in [9.17, 15) is 21.6 Å². The zero-order valence-corrected chi connectivity index (χ0v) is 22.1. The second-order valence-corrected chi connectivity index (χ2v) is 13.4. The van der Waals surface area contributed by atoms with E-state index in [1.54, 1.807) is 24.3 Å². The summed E-state index contributed by atoms with van der Waals surface area (Å²) in [5.41, 5.74) is 0.754. The first-order valence-corrected chi connectivity index (χ1v) is 15.0. The third-order valence-electron chi connectivity index (χ3n) is 6.36. The van der Waals surface area contributed by atoms with Crippen molar-refractivity contribution in [2.75, 3.05) is 26.2 Å². The van der Waals surface area contributed by atoms with Gasteiger partial charge in [0.05, 0.1) is 15.8 Å². The molecular formula is C23H27Cl2N3O5S2. The van der Waals surface area contributed by atoms with Gasteiger partial charge in [-0.25, -0.2) is 16.8 Å². The fraction of sp³-hybridized carbons (Fsp3) is 0.435. The minimum absolute atomic E-state index is 0.0457.